The van der Waals surface area contributed by atoms with Gasteiger partial charge in [0.05, 0.1) is 6.42 Å². The molecule has 2 aromatic rings. The Hall–Kier alpha value is -1.65. The Morgan fingerprint density at radius 2 is 1.86 bits per heavy atom. The first-order valence-electron chi connectivity index (χ1n) is 7.20. The van der Waals surface area contributed by atoms with Gasteiger partial charge in [0.15, 0.2) is 0 Å². The highest BCUT2D eigenvalue weighted by Crippen LogP contribution is 2.19. The van der Waals surface area contributed by atoms with Crippen LogP contribution >= 0.6 is 11.3 Å². The molecule has 2 rings (SSSR count). The van der Waals surface area contributed by atoms with Crippen molar-refractivity contribution in [3.05, 3.63) is 57.3 Å². The summed E-state index contributed by atoms with van der Waals surface area (Å²) in [7, 11) is 0. The summed E-state index contributed by atoms with van der Waals surface area (Å²) in [6.07, 6.45) is 1.17. The number of carboxylic acid groups (broad SMARTS) is 1. The Kier molecular flexibility index (Phi) is 5.53. The number of hydrogen-bond donors (Lipinski definition) is 2. The number of aliphatic carboxylic acids is 1. The first-order valence-corrected chi connectivity index (χ1v) is 8.01. The van der Waals surface area contributed by atoms with Crippen molar-refractivity contribution in [1.82, 2.24) is 5.32 Å². The molecule has 0 spiro atoms. The maximum Gasteiger partial charge on any atom is 0.308 e. The van der Waals surface area contributed by atoms with Gasteiger partial charge in [0.25, 0.3) is 0 Å². The first kappa shape index (κ1) is 15.7. The largest absolute Gasteiger partial charge is 0.481 e. The number of carbonyl (C=O) groups is 1. The van der Waals surface area contributed by atoms with Gasteiger partial charge in [-0.2, -0.15) is 0 Å². The fourth-order valence-corrected chi connectivity index (χ4v) is 3.14. The minimum atomic E-state index is -0.777. The maximum absolute atomic E-state index is 10.7. The second-order valence-electron chi connectivity index (χ2n) is 5.14. The number of nitrogens with one attached hydrogen (secondary N) is 1. The third-order valence-corrected chi connectivity index (χ3v) is 4.60. The number of thiophene rings is 1. The fraction of sp³-hybridized carbons (Fsp3) is 0.353. The highest BCUT2D eigenvalue weighted by Gasteiger charge is 2.07. The van der Waals surface area contributed by atoms with Gasteiger partial charge in [0.1, 0.15) is 0 Å². The standard InChI is InChI=1S/C17H21NO2S/c1-3-13-4-6-14(7-5-13)12(2)18-11-16-9-8-15(21-16)10-17(19)20/h4-9,12,18H,3,10-11H2,1-2H3,(H,19,20). The van der Waals surface area contributed by atoms with Crippen LogP contribution < -0.4 is 5.32 Å². The minimum Gasteiger partial charge on any atom is -0.481 e. The molecular weight excluding hydrogens is 282 g/mol. The molecule has 1 atom stereocenters. The van der Waals surface area contributed by atoms with Crippen molar-refractivity contribution in [3.8, 4) is 0 Å². The second kappa shape index (κ2) is 7.38. The van der Waals surface area contributed by atoms with E-state index in [-0.39, 0.29) is 12.5 Å². The number of rotatable bonds is 7. The summed E-state index contributed by atoms with van der Waals surface area (Å²) >= 11 is 1.56. The average Bonchev–Trinajstić information content (AvgIpc) is 2.91. The van der Waals surface area contributed by atoms with Crippen LogP contribution in [-0.2, 0) is 24.2 Å². The summed E-state index contributed by atoms with van der Waals surface area (Å²) in [5, 5.41) is 12.3. The van der Waals surface area contributed by atoms with Crippen molar-refractivity contribution in [1.29, 1.82) is 0 Å². The quantitative estimate of drug-likeness (QED) is 0.818. The second-order valence-corrected chi connectivity index (χ2v) is 6.39. The molecule has 1 unspecified atom stereocenters. The zero-order valence-corrected chi connectivity index (χ0v) is 13.2. The molecule has 0 saturated heterocycles. The Bertz CT molecular complexity index is 589. The molecule has 0 radical (unpaired) electrons. The molecule has 0 aliphatic rings. The van der Waals surface area contributed by atoms with Crippen molar-refractivity contribution in [2.45, 2.75) is 39.3 Å². The lowest BCUT2D eigenvalue weighted by atomic mass is 10.1. The van der Waals surface area contributed by atoms with Crippen LogP contribution in [0, 0.1) is 0 Å². The van der Waals surface area contributed by atoms with E-state index >= 15 is 0 Å². The van der Waals surface area contributed by atoms with Crippen LogP contribution in [-0.4, -0.2) is 11.1 Å². The van der Waals surface area contributed by atoms with Gasteiger partial charge in [-0.05, 0) is 36.6 Å². The number of hydrogen-bond acceptors (Lipinski definition) is 3. The van der Waals surface area contributed by atoms with E-state index in [4.69, 9.17) is 5.11 Å². The molecule has 0 fully saturated rings. The number of carboxylic acids is 1. The van der Waals surface area contributed by atoms with Gasteiger partial charge in [0.2, 0.25) is 0 Å². The van der Waals surface area contributed by atoms with E-state index in [0.29, 0.717) is 0 Å². The first-order chi connectivity index (χ1) is 10.1. The molecule has 2 N–H and O–H groups in total. The van der Waals surface area contributed by atoms with Crippen molar-refractivity contribution in [3.63, 3.8) is 0 Å². The average molecular weight is 303 g/mol. The normalized spacial score (nSPS) is 12.3. The summed E-state index contributed by atoms with van der Waals surface area (Å²) in [5.41, 5.74) is 2.62. The van der Waals surface area contributed by atoms with Crippen LogP contribution in [0.5, 0.6) is 0 Å². The van der Waals surface area contributed by atoms with E-state index in [1.807, 2.05) is 12.1 Å². The van der Waals surface area contributed by atoms with Gasteiger partial charge in [-0.3, -0.25) is 4.79 Å². The van der Waals surface area contributed by atoms with Crippen LogP contribution in [0.15, 0.2) is 36.4 Å². The molecule has 0 aliphatic carbocycles. The van der Waals surface area contributed by atoms with Crippen molar-refractivity contribution in [2.75, 3.05) is 0 Å². The predicted octanol–water partition coefficient (Wildman–Crippen LogP) is 3.79. The highest BCUT2D eigenvalue weighted by molar-refractivity contribution is 7.12. The van der Waals surface area contributed by atoms with Gasteiger partial charge in [-0.15, -0.1) is 11.3 Å². The van der Waals surface area contributed by atoms with Gasteiger partial charge in [-0.1, -0.05) is 31.2 Å². The SMILES string of the molecule is CCc1ccc(C(C)NCc2ccc(CC(=O)O)s2)cc1. The lowest BCUT2D eigenvalue weighted by Gasteiger charge is -2.14. The van der Waals surface area contributed by atoms with Crippen molar-refractivity contribution < 1.29 is 9.90 Å². The summed E-state index contributed by atoms with van der Waals surface area (Å²) in [6, 6.07) is 12.9. The van der Waals surface area contributed by atoms with Gasteiger partial charge >= 0.3 is 5.97 Å². The Balaban J connectivity index is 1.89. The lowest BCUT2D eigenvalue weighted by Crippen LogP contribution is -2.17. The summed E-state index contributed by atoms with van der Waals surface area (Å²) in [5.74, 6) is -0.777. The van der Waals surface area contributed by atoms with Crippen molar-refractivity contribution in [2.24, 2.45) is 0 Å². The lowest BCUT2D eigenvalue weighted by molar-refractivity contribution is -0.136. The molecule has 21 heavy (non-hydrogen) atoms. The van der Waals surface area contributed by atoms with Crippen LogP contribution in [0.25, 0.3) is 0 Å². The van der Waals surface area contributed by atoms with Gasteiger partial charge < -0.3 is 10.4 Å². The third-order valence-electron chi connectivity index (χ3n) is 3.51. The smallest absolute Gasteiger partial charge is 0.308 e. The molecule has 4 heteroatoms. The number of aryl methyl sites for hydroxylation is 1. The highest BCUT2D eigenvalue weighted by atomic mass is 32.1. The summed E-state index contributed by atoms with van der Waals surface area (Å²) in [4.78, 5) is 12.7. The third kappa shape index (κ3) is 4.69. The van der Waals surface area contributed by atoms with E-state index in [2.05, 4.69) is 43.4 Å². The molecule has 0 amide bonds. The van der Waals surface area contributed by atoms with Gasteiger partial charge in [0, 0.05) is 22.3 Å². The molecule has 1 heterocycles. The molecule has 0 aliphatic heterocycles. The Morgan fingerprint density at radius 1 is 1.19 bits per heavy atom. The van der Waals surface area contributed by atoms with Gasteiger partial charge in [-0.25, -0.2) is 0 Å². The molecule has 112 valence electrons. The fourth-order valence-electron chi connectivity index (χ4n) is 2.17. The van der Waals surface area contributed by atoms with E-state index in [0.717, 1.165) is 17.8 Å². The minimum absolute atomic E-state index is 0.110. The molecule has 1 aromatic carbocycles. The molecule has 0 bridgehead atoms. The van der Waals surface area contributed by atoms with Crippen LogP contribution in [0.2, 0.25) is 0 Å². The zero-order chi connectivity index (χ0) is 15.2. The molecule has 1 aromatic heterocycles. The summed E-state index contributed by atoms with van der Waals surface area (Å²) < 4.78 is 0. The molecule has 0 saturated carbocycles. The van der Waals surface area contributed by atoms with Crippen LogP contribution in [0.3, 0.4) is 0 Å². The van der Waals surface area contributed by atoms with Crippen LogP contribution in [0.1, 0.15) is 40.8 Å². The molecule has 3 nitrogen and oxygen atoms in total. The van der Waals surface area contributed by atoms with Crippen molar-refractivity contribution >= 4 is 17.3 Å². The predicted molar refractivity (Wildman–Crippen MR) is 86.7 cm³/mol. The monoisotopic (exact) mass is 303 g/mol. The Morgan fingerprint density at radius 3 is 2.48 bits per heavy atom. The maximum atomic E-state index is 10.7. The topological polar surface area (TPSA) is 49.3 Å². The zero-order valence-electron chi connectivity index (χ0n) is 12.4. The number of benzene rings is 1. The van der Waals surface area contributed by atoms with E-state index in [1.54, 1.807) is 11.3 Å². The summed E-state index contributed by atoms with van der Waals surface area (Å²) in [6.45, 7) is 5.07. The van der Waals surface area contributed by atoms with E-state index in [1.165, 1.54) is 16.0 Å². The van der Waals surface area contributed by atoms with E-state index in [9.17, 15) is 4.79 Å². The van der Waals surface area contributed by atoms with E-state index < -0.39 is 5.97 Å². The Labute approximate surface area is 129 Å². The van der Waals surface area contributed by atoms with Crippen LogP contribution in [0.4, 0.5) is 0 Å². The molecular formula is C17H21NO2S.